The highest BCUT2D eigenvalue weighted by atomic mass is 35.5. The maximum Gasteiger partial charge on any atom is 0.127 e. The minimum atomic E-state index is 0.601. The van der Waals surface area contributed by atoms with Crippen LogP contribution < -0.4 is 0 Å². The van der Waals surface area contributed by atoms with E-state index in [4.69, 9.17) is 11.6 Å². The molecule has 0 bridgehead atoms. The fourth-order valence-electron chi connectivity index (χ4n) is 1.94. The summed E-state index contributed by atoms with van der Waals surface area (Å²) >= 11 is 6.21. The first-order valence-electron chi connectivity index (χ1n) is 6.32. The Morgan fingerprint density at radius 3 is 2.50 bits per heavy atom. The molecule has 0 radical (unpaired) electrons. The molecular formula is C15H19ClN2. The minimum absolute atomic E-state index is 0.601. The average molecular weight is 263 g/mol. The Balaban J connectivity index is 2.13. The highest BCUT2D eigenvalue weighted by Gasteiger charge is 2.07. The molecule has 0 spiro atoms. The van der Waals surface area contributed by atoms with Gasteiger partial charge in [-0.2, -0.15) is 5.10 Å². The fraction of sp³-hybridized carbons (Fsp3) is 0.400. The number of halogens is 1. The Kier molecular flexibility index (Phi) is 4.07. The number of nitrogens with zero attached hydrogens (tertiary/aromatic N) is 2. The fourth-order valence-corrected chi connectivity index (χ4v) is 2.16. The lowest BCUT2D eigenvalue weighted by Crippen LogP contribution is -2.03. The second-order valence-electron chi connectivity index (χ2n) is 5.20. The lowest BCUT2D eigenvalue weighted by molar-refractivity contribution is 0.608. The number of aromatic nitrogens is 2. The Bertz CT molecular complexity index is 512. The van der Waals surface area contributed by atoms with Crippen LogP contribution in [0.5, 0.6) is 0 Å². The van der Waals surface area contributed by atoms with Crippen molar-refractivity contribution in [1.82, 2.24) is 9.78 Å². The standard InChI is InChI=1S/C15H19ClN2/c1-11(2)8-14-9-15(16)18(17-14)10-13-6-4-12(3)5-7-13/h4-7,9,11H,8,10H2,1-3H3. The smallest absolute Gasteiger partial charge is 0.127 e. The van der Waals surface area contributed by atoms with Gasteiger partial charge in [0, 0.05) is 0 Å². The highest BCUT2D eigenvalue weighted by molar-refractivity contribution is 6.29. The molecule has 0 saturated carbocycles. The monoisotopic (exact) mass is 262 g/mol. The predicted octanol–water partition coefficient (Wildman–Crippen LogP) is 4.09. The van der Waals surface area contributed by atoms with Crippen molar-refractivity contribution < 1.29 is 0 Å². The summed E-state index contributed by atoms with van der Waals surface area (Å²) in [4.78, 5) is 0. The van der Waals surface area contributed by atoms with Gasteiger partial charge < -0.3 is 0 Å². The van der Waals surface area contributed by atoms with E-state index in [2.05, 4.69) is 50.1 Å². The number of benzene rings is 1. The molecule has 1 heterocycles. The molecule has 1 aromatic heterocycles. The molecule has 18 heavy (non-hydrogen) atoms. The summed E-state index contributed by atoms with van der Waals surface area (Å²) < 4.78 is 1.87. The first-order chi connectivity index (χ1) is 8.54. The lowest BCUT2D eigenvalue weighted by atomic mass is 10.1. The van der Waals surface area contributed by atoms with Gasteiger partial charge in [0.15, 0.2) is 0 Å². The van der Waals surface area contributed by atoms with Crippen molar-refractivity contribution in [2.24, 2.45) is 5.92 Å². The van der Waals surface area contributed by atoms with Crippen molar-refractivity contribution in [2.75, 3.05) is 0 Å². The molecule has 2 rings (SSSR count). The van der Waals surface area contributed by atoms with E-state index >= 15 is 0 Å². The summed E-state index contributed by atoms with van der Waals surface area (Å²) in [5.41, 5.74) is 3.56. The molecule has 96 valence electrons. The molecule has 0 N–H and O–H groups in total. The maximum absolute atomic E-state index is 6.21. The highest BCUT2D eigenvalue weighted by Crippen LogP contribution is 2.16. The number of hydrogen-bond acceptors (Lipinski definition) is 1. The lowest BCUT2D eigenvalue weighted by Gasteiger charge is -2.04. The molecule has 2 aromatic rings. The number of aryl methyl sites for hydroxylation is 1. The third-order valence-electron chi connectivity index (χ3n) is 2.85. The SMILES string of the molecule is Cc1ccc(Cn2nc(CC(C)C)cc2Cl)cc1. The third kappa shape index (κ3) is 3.36. The van der Waals surface area contributed by atoms with Gasteiger partial charge >= 0.3 is 0 Å². The van der Waals surface area contributed by atoms with Crippen LogP contribution in [-0.2, 0) is 13.0 Å². The van der Waals surface area contributed by atoms with E-state index in [1.165, 1.54) is 11.1 Å². The van der Waals surface area contributed by atoms with Crippen molar-refractivity contribution in [1.29, 1.82) is 0 Å². The Labute approximate surface area is 114 Å². The second-order valence-corrected chi connectivity index (χ2v) is 5.59. The van der Waals surface area contributed by atoms with E-state index in [0.29, 0.717) is 11.1 Å². The third-order valence-corrected chi connectivity index (χ3v) is 3.16. The first-order valence-corrected chi connectivity index (χ1v) is 6.70. The molecular weight excluding hydrogens is 244 g/mol. The normalized spacial score (nSPS) is 11.2. The molecule has 0 aliphatic heterocycles. The predicted molar refractivity (Wildman–Crippen MR) is 76.1 cm³/mol. The zero-order valence-corrected chi connectivity index (χ0v) is 11.9. The van der Waals surface area contributed by atoms with Gasteiger partial charge in [-0.3, -0.25) is 0 Å². The summed E-state index contributed by atoms with van der Waals surface area (Å²) in [6, 6.07) is 10.4. The van der Waals surface area contributed by atoms with Gasteiger partial charge in [-0.25, -0.2) is 4.68 Å². The van der Waals surface area contributed by atoms with Gasteiger partial charge in [-0.1, -0.05) is 55.3 Å². The van der Waals surface area contributed by atoms with Gasteiger partial charge in [0.05, 0.1) is 12.2 Å². The summed E-state index contributed by atoms with van der Waals surface area (Å²) in [7, 11) is 0. The zero-order chi connectivity index (χ0) is 13.1. The van der Waals surface area contributed by atoms with Gasteiger partial charge in [0.2, 0.25) is 0 Å². The van der Waals surface area contributed by atoms with Gasteiger partial charge in [-0.15, -0.1) is 0 Å². The molecule has 1 aromatic carbocycles. The van der Waals surface area contributed by atoms with Crippen molar-refractivity contribution in [3.8, 4) is 0 Å². The van der Waals surface area contributed by atoms with Gasteiger partial charge in [0.25, 0.3) is 0 Å². The van der Waals surface area contributed by atoms with Crippen molar-refractivity contribution >= 4 is 11.6 Å². The van der Waals surface area contributed by atoms with E-state index in [1.807, 2.05) is 10.7 Å². The van der Waals surface area contributed by atoms with Crippen LogP contribution in [-0.4, -0.2) is 9.78 Å². The molecule has 2 nitrogen and oxygen atoms in total. The molecule has 0 atom stereocenters. The van der Waals surface area contributed by atoms with Crippen LogP contribution in [0.3, 0.4) is 0 Å². The van der Waals surface area contributed by atoms with Crippen molar-refractivity contribution in [2.45, 2.75) is 33.7 Å². The van der Waals surface area contributed by atoms with Crippen molar-refractivity contribution in [3.05, 3.63) is 52.3 Å². The largest absolute Gasteiger partial charge is 0.249 e. The van der Waals surface area contributed by atoms with Crippen LogP contribution in [0.2, 0.25) is 5.15 Å². The van der Waals surface area contributed by atoms with Crippen LogP contribution in [0.1, 0.15) is 30.7 Å². The molecule has 0 fully saturated rings. The zero-order valence-electron chi connectivity index (χ0n) is 11.2. The quantitative estimate of drug-likeness (QED) is 0.811. The summed E-state index contributed by atoms with van der Waals surface area (Å²) in [6.07, 6.45) is 0.973. The summed E-state index contributed by atoms with van der Waals surface area (Å²) in [5.74, 6) is 0.601. The van der Waals surface area contributed by atoms with Crippen LogP contribution in [0.15, 0.2) is 30.3 Å². The molecule has 0 aliphatic carbocycles. The van der Waals surface area contributed by atoms with E-state index in [9.17, 15) is 0 Å². The van der Waals surface area contributed by atoms with E-state index in [1.54, 1.807) is 0 Å². The molecule has 0 aliphatic rings. The molecule has 0 amide bonds. The van der Waals surface area contributed by atoms with E-state index in [-0.39, 0.29) is 0 Å². The van der Waals surface area contributed by atoms with Crippen molar-refractivity contribution in [3.63, 3.8) is 0 Å². The average Bonchev–Trinajstić information content (AvgIpc) is 2.61. The first kappa shape index (κ1) is 13.2. The summed E-state index contributed by atoms with van der Waals surface area (Å²) in [5, 5.41) is 5.27. The minimum Gasteiger partial charge on any atom is -0.249 e. The molecule has 0 saturated heterocycles. The van der Waals surface area contributed by atoms with Crippen LogP contribution >= 0.6 is 11.6 Å². The second kappa shape index (κ2) is 5.57. The number of hydrogen-bond donors (Lipinski definition) is 0. The van der Waals surface area contributed by atoms with E-state index < -0.39 is 0 Å². The molecule has 0 unspecified atom stereocenters. The topological polar surface area (TPSA) is 17.8 Å². The van der Waals surface area contributed by atoms with Gasteiger partial charge in [-0.05, 0) is 30.9 Å². The number of rotatable bonds is 4. The Morgan fingerprint density at radius 1 is 1.22 bits per heavy atom. The Hall–Kier alpha value is -1.28. The maximum atomic E-state index is 6.21. The van der Waals surface area contributed by atoms with Crippen LogP contribution in [0, 0.1) is 12.8 Å². The molecule has 3 heteroatoms. The van der Waals surface area contributed by atoms with E-state index in [0.717, 1.165) is 18.7 Å². The Morgan fingerprint density at radius 2 is 1.89 bits per heavy atom. The van der Waals surface area contributed by atoms with Crippen LogP contribution in [0.4, 0.5) is 0 Å². The summed E-state index contributed by atoms with van der Waals surface area (Å²) in [6.45, 7) is 7.20. The van der Waals surface area contributed by atoms with Gasteiger partial charge in [0.1, 0.15) is 5.15 Å². The van der Waals surface area contributed by atoms with Crippen LogP contribution in [0.25, 0.3) is 0 Å².